The quantitative estimate of drug-likeness (QED) is 0.101. The van der Waals surface area contributed by atoms with Crippen LogP contribution < -0.4 is 21.6 Å². The number of aliphatic hydroxyl groups excluding tert-OH is 1. The Morgan fingerprint density at radius 2 is 1.61 bits per heavy atom. The second-order valence-electron chi connectivity index (χ2n) is 13.4. The average molecular weight is 675 g/mol. The van der Waals surface area contributed by atoms with E-state index in [-0.39, 0.29) is 24.3 Å². The summed E-state index contributed by atoms with van der Waals surface area (Å²) in [6, 6.07) is 12.3. The number of carboxylic acids is 1. The van der Waals surface area contributed by atoms with Gasteiger partial charge >= 0.3 is 20.1 Å². The molecule has 262 valence electrons. The molecule has 0 radical (unpaired) electrons. The number of carbonyl (C=O) groups excluding carboxylic acids is 3. The summed E-state index contributed by atoms with van der Waals surface area (Å²) in [5.74, 6) is -2.66. The third-order valence-corrected chi connectivity index (χ3v) is 10.2. The Bertz CT molecular complexity index is 1510. The van der Waals surface area contributed by atoms with E-state index in [2.05, 4.69) is 10.6 Å². The Morgan fingerprint density at radius 1 is 0.959 bits per heavy atom. The molecule has 6 N–H and O–H groups in total. The highest BCUT2D eigenvalue weighted by atomic mass is 16.4. The normalized spacial score (nSPS) is 20.0. The van der Waals surface area contributed by atoms with Gasteiger partial charge in [0.1, 0.15) is 6.04 Å². The minimum absolute atomic E-state index is 0.152. The molecule has 0 saturated carbocycles. The molecule has 0 aliphatic carbocycles. The van der Waals surface area contributed by atoms with E-state index < -0.39 is 50.2 Å². The zero-order chi connectivity index (χ0) is 35.2. The number of likely N-dealkylation sites (tertiary alicyclic amines) is 1. The first-order chi connectivity index (χ1) is 23.5. The zero-order valence-electron chi connectivity index (χ0n) is 28.2. The average Bonchev–Trinajstić information content (AvgIpc) is 3.79. The number of unbranched alkanes of at least 4 members (excludes halogenated alkanes) is 1. The third-order valence-electron chi connectivity index (χ3n) is 10.2. The van der Waals surface area contributed by atoms with Gasteiger partial charge in [0, 0.05) is 38.6 Å². The van der Waals surface area contributed by atoms with Crippen molar-refractivity contribution in [1.82, 2.24) is 25.2 Å². The summed E-state index contributed by atoms with van der Waals surface area (Å²) in [4.78, 5) is 56.8. The van der Waals surface area contributed by atoms with E-state index in [9.17, 15) is 39.4 Å². The second-order valence-corrected chi connectivity index (χ2v) is 13.4. The smallest absolute Gasteiger partial charge is 0.417 e. The van der Waals surface area contributed by atoms with Crippen molar-refractivity contribution >= 4 is 48.7 Å². The van der Waals surface area contributed by atoms with Gasteiger partial charge in [-0.05, 0) is 61.1 Å². The van der Waals surface area contributed by atoms with E-state index in [1.54, 1.807) is 4.81 Å². The lowest BCUT2D eigenvalue weighted by molar-refractivity contribution is -0.147. The molecule has 15 heteroatoms. The highest BCUT2D eigenvalue weighted by Crippen LogP contribution is 2.25. The molecule has 2 aromatic rings. The van der Waals surface area contributed by atoms with Crippen LogP contribution in [0, 0.1) is 5.92 Å². The van der Waals surface area contributed by atoms with Gasteiger partial charge in [0.15, 0.2) is 6.04 Å². The van der Waals surface area contributed by atoms with Crippen molar-refractivity contribution < 1.29 is 39.4 Å². The molecule has 5 rings (SSSR count). The molecule has 0 unspecified atom stereocenters. The predicted octanol–water partition coefficient (Wildman–Crippen LogP) is -0.984. The maximum absolute atomic E-state index is 13.8. The standard InChI is InChI=1S/C34H47B2N5O8/c1-3-23(33(45)40-18-10-16-28(40)32(44)38-30(22(2)42)34(46)47)11-8-9-17-37-31(43)29(41-20-25-13-5-7-15-27(25)36(41)49)21-39-19-24-12-4-6-14-26(24)35(39)48/h4-7,12-15,22-23,28-30,42,48-49H,3,8-11,16-21H2,1-2H3,(H,37,43)(H,38,44)(H,46,47)/t22-,23+,28+,29+,30+/m1/s1. The van der Waals surface area contributed by atoms with E-state index in [4.69, 9.17) is 0 Å². The van der Waals surface area contributed by atoms with Gasteiger partial charge in [-0.15, -0.1) is 0 Å². The molecule has 49 heavy (non-hydrogen) atoms. The van der Waals surface area contributed by atoms with E-state index in [0.717, 1.165) is 22.1 Å². The van der Waals surface area contributed by atoms with Crippen molar-refractivity contribution in [2.45, 2.75) is 89.7 Å². The summed E-state index contributed by atoms with van der Waals surface area (Å²) < 4.78 is 0. The number of rotatable bonds is 15. The molecule has 0 spiro atoms. The topological polar surface area (TPSA) is 183 Å². The van der Waals surface area contributed by atoms with Crippen LogP contribution in [0.3, 0.4) is 0 Å². The third kappa shape index (κ3) is 8.18. The molecule has 2 aromatic carbocycles. The van der Waals surface area contributed by atoms with Crippen LogP contribution in [0.4, 0.5) is 0 Å². The van der Waals surface area contributed by atoms with Crippen molar-refractivity contribution in [3.8, 4) is 0 Å². The number of carbonyl (C=O) groups is 4. The van der Waals surface area contributed by atoms with Crippen molar-refractivity contribution in [3.63, 3.8) is 0 Å². The van der Waals surface area contributed by atoms with Crippen LogP contribution in [-0.2, 0) is 32.3 Å². The first kappa shape index (κ1) is 36.5. The number of nitrogens with one attached hydrogen (secondary N) is 2. The summed E-state index contributed by atoms with van der Waals surface area (Å²) in [6.45, 7) is 5.08. The highest BCUT2D eigenvalue weighted by Gasteiger charge is 2.44. The van der Waals surface area contributed by atoms with Crippen LogP contribution in [0.25, 0.3) is 0 Å². The lowest BCUT2D eigenvalue weighted by atomic mass is 9.72. The fraction of sp³-hybridized carbons (Fsp3) is 0.529. The summed E-state index contributed by atoms with van der Waals surface area (Å²) in [5.41, 5.74) is 3.54. The Labute approximate surface area is 287 Å². The Kier molecular flexibility index (Phi) is 12.2. The molecule has 5 atom stereocenters. The van der Waals surface area contributed by atoms with Gasteiger partial charge in [0.2, 0.25) is 17.7 Å². The number of aliphatic hydroxyl groups is 1. The number of amides is 3. The van der Waals surface area contributed by atoms with Crippen molar-refractivity contribution in [2.75, 3.05) is 19.6 Å². The number of fused-ring (bicyclic) bond motifs is 2. The van der Waals surface area contributed by atoms with Gasteiger partial charge < -0.3 is 40.6 Å². The maximum Gasteiger partial charge on any atom is 0.417 e. The zero-order valence-corrected chi connectivity index (χ0v) is 28.2. The monoisotopic (exact) mass is 675 g/mol. The van der Waals surface area contributed by atoms with Gasteiger partial charge in [0.25, 0.3) is 0 Å². The van der Waals surface area contributed by atoms with Crippen molar-refractivity contribution in [3.05, 3.63) is 59.7 Å². The lowest BCUT2D eigenvalue weighted by Crippen LogP contribution is -2.59. The number of aliphatic carboxylic acids is 1. The van der Waals surface area contributed by atoms with Crippen LogP contribution in [-0.4, -0.2) is 116 Å². The van der Waals surface area contributed by atoms with Gasteiger partial charge in [-0.2, -0.15) is 0 Å². The number of hydrogen-bond acceptors (Lipinski definition) is 9. The molecule has 3 aliphatic rings. The van der Waals surface area contributed by atoms with Gasteiger partial charge in [-0.25, -0.2) is 4.79 Å². The molecule has 3 aliphatic heterocycles. The van der Waals surface area contributed by atoms with Gasteiger partial charge in [-0.3, -0.25) is 19.2 Å². The van der Waals surface area contributed by atoms with E-state index in [1.807, 2.05) is 60.3 Å². The lowest BCUT2D eigenvalue weighted by Gasteiger charge is -2.32. The van der Waals surface area contributed by atoms with Crippen molar-refractivity contribution in [2.24, 2.45) is 5.92 Å². The molecule has 1 saturated heterocycles. The van der Waals surface area contributed by atoms with Crippen LogP contribution in [0.5, 0.6) is 0 Å². The largest absolute Gasteiger partial charge is 0.480 e. The number of benzene rings is 2. The van der Waals surface area contributed by atoms with Gasteiger partial charge in [-0.1, -0.05) is 61.9 Å². The number of hydrogen-bond donors (Lipinski definition) is 6. The van der Waals surface area contributed by atoms with Crippen LogP contribution in [0.1, 0.15) is 63.5 Å². The first-order valence-electron chi connectivity index (χ1n) is 17.3. The SMILES string of the molecule is CC[C@@H](CCCCNC(=O)[C@H](CN1Cc2ccccc2B1O)N1Cc2ccccc2B1O)C(=O)N1CCC[C@H]1C(=O)N[C@H](C(=O)O)[C@@H](C)O. The molecule has 1 fully saturated rings. The maximum atomic E-state index is 13.8. The van der Waals surface area contributed by atoms with Crippen molar-refractivity contribution in [1.29, 1.82) is 0 Å². The van der Waals surface area contributed by atoms with E-state index in [0.29, 0.717) is 64.7 Å². The summed E-state index contributed by atoms with van der Waals surface area (Å²) in [5, 5.41) is 46.8. The minimum Gasteiger partial charge on any atom is -0.480 e. The fourth-order valence-corrected chi connectivity index (χ4v) is 7.35. The summed E-state index contributed by atoms with van der Waals surface area (Å²) >= 11 is 0. The molecule has 13 nitrogen and oxygen atoms in total. The number of nitrogens with zero attached hydrogens (tertiary/aromatic N) is 3. The predicted molar refractivity (Wildman–Crippen MR) is 184 cm³/mol. The molecular weight excluding hydrogens is 628 g/mol. The van der Waals surface area contributed by atoms with Crippen LogP contribution in [0.15, 0.2) is 48.5 Å². The molecule has 3 amide bonds. The molecule has 0 bridgehead atoms. The van der Waals surface area contributed by atoms with Crippen LogP contribution in [0.2, 0.25) is 0 Å². The molecular formula is C34H47B2N5O8. The summed E-state index contributed by atoms with van der Waals surface area (Å²) in [6.07, 6.45) is 2.15. The Balaban J connectivity index is 1.15. The van der Waals surface area contributed by atoms with Crippen LogP contribution >= 0.6 is 0 Å². The van der Waals surface area contributed by atoms with E-state index in [1.165, 1.54) is 11.8 Å². The number of carboxylic acid groups (broad SMARTS) is 1. The fourth-order valence-electron chi connectivity index (χ4n) is 7.35. The Hall–Kier alpha value is -3.75. The second kappa shape index (κ2) is 16.3. The minimum atomic E-state index is -1.46. The molecule has 0 aromatic heterocycles. The molecule has 3 heterocycles. The first-order valence-corrected chi connectivity index (χ1v) is 17.3. The highest BCUT2D eigenvalue weighted by molar-refractivity contribution is 6.66. The Morgan fingerprint density at radius 3 is 2.22 bits per heavy atom. The summed E-state index contributed by atoms with van der Waals surface area (Å²) in [7, 11) is -1.81. The van der Waals surface area contributed by atoms with E-state index >= 15 is 0 Å². The van der Waals surface area contributed by atoms with Gasteiger partial charge in [0.05, 0.1) is 12.1 Å².